The lowest BCUT2D eigenvalue weighted by Gasteiger charge is -2.15. The van der Waals surface area contributed by atoms with E-state index >= 15 is 0 Å². The average molecular weight is 369 g/mol. The molecule has 21 heavy (non-hydrogen) atoms. The molecule has 1 N–H and O–H groups in total. The maximum Gasteiger partial charge on any atom is 0.265 e. The molecule has 2 aromatic carbocycles. The Morgan fingerprint density at radius 1 is 1.29 bits per heavy atom. The second-order valence-electron chi connectivity index (χ2n) is 4.67. The van der Waals surface area contributed by atoms with E-state index in [1.807, 2.05) is 37.3 Å². The normalized spacial score (nSPS) is 11.8. The molecule has 0 saturated heterocycles. The van der Waals surface area contributed by atoms with Crippen LogP contribution < -0.4 is 10.1 Å². The minimum Gasteiger partial charge on any atom is -0.481 e. The smallest absolute Gasteiger partial charge is 0.265 e. The van der Waals surface area contributed by atoms with Crippen LogP contribution in [0, 0.1) is 6.92 Å². The van der Waals surface area contributed by atoms with Gasteiger partial charge in [0.15, 0.2) is 6.10 Å². The van der Waals surface area contributed by atoms with E-state index in [0.29, 0.717) is 16.5 Å². The molecule has 0 spiro atoms. The highest BCUT2D eigenvalue weighted by Crippen LogP contribution is 2.21. The Morgan fingerprint density at radius 2 is 2.05 bits per heavy atom. The summed E-state index contributed by atoms with van der Waals surface area (Å²) in [5.74, 6) is 0.406. The number of halogens is 2. The Labute approximate surface area is 137 Å². The van der Waals surface area contributed by atoms with Gasteiger partial charge in [0.05, 0.1) is 0 Å². The second kappa shape index (κ2) is 6.96. The third kappa shape index (κ3) is 4.48. The van der Waals surface area contributed by atoms with Gasteiger partial charge in [0, 0.05) is 15.2 Å². The maximum absolute atomic E-state index is 12.1. The zero-order valence-electron chi connectivity index (χ0n) is 11.7. The van der Waals surface area contributed by atoms with Gasteiger partial charge in [-0.25, -0.2) is 0 Å². The van der Waals surface area contributed by atoms with Crippen LogP contribution in [0.4, 0.5) is 5.69 Å². The van der Waals surface area contributed by atoms with Crippen molar-refractivity contribution >= 4 is 39.1 Å². The molecule has 110 valence electrons. The summed E-state index contributed by atoms with van der Waals surface area (Å²) >= 11 is 9.40. The zero-order valence-corrected chi connectivity index (χ0v) is 14.0. The first-order valence-corrected chi connectivity index (χ1v) is 7.62. The van der Waals surface area contributed by atoms with Crippen molar-refractivity contribution in [1.82, 2.24) is 0 Å². The van der Waals surface area contributed by atoms with E-state index in [1.165, 1.54) is 0 Å². The van der Waals surface area contributed by atoms with Crippen molar-refractivity contribution in [3.63, 3.8) is 0 Å². The molecule has 0 aliphatic rings. The Kier molecular flexibility index (Phi) is 5.26. The van der Waals surface area contributed by atoms with E-state index < -0.39 is 6.10 Å². The monoisotopic (exact) mass is 367 g/mol. The summed E-state index contributed by atoms with van der Waals surface area (Å²) in [6.45, 7) is 3.61. The fraction of sp³-hybridized carbons (Fsp3) is 0.188. The number of benzene rings is 2. The molecular weight excluding hydrogens is 354 g/mol. The molecule has 5 heteroatoms. The topological polar surface area (TPSA) is 38.3 Å². The van der Waals surface area contributed by atoms with E-state index in [2.05, 4.69) is 21.2 Å². The van der Waals surface area contributed by atoms with Crippen molar-refractivity contribution in [2.45, 2.75) is 20.0 Å². The zero-order chi connectivity index (χ0) is 15.4. The number of carbonyl (C=O) groups is 1. The highest BCUT2D eigenvalue weighted by Gasteiger charge is 2.15. The Hall–Kier alpha value is -1.52. The molecule has 1 atom stereocenters. The lowest BCUT2D eigenvalue weighted by molar-refractivity contribution is -0.122. The highest BCUT2D eigenvalue weighted by atomic mass is 79.9. The van der Waals surface area contributed by atoms with Gasteiger partial charge in [-0.3, -0.25) is 4.79 Å². The van der Waals surface area contributed by atoms with Gasteiger partial charge in [-0.2, -0.15) is 0 Å². The molecule has 0 aromatic heterocycles. The number of rotatable bonds is 4. The molecule has 0 aliphatic carbocycles. The first-order valence-electron chi connectivity index (χ1n) is 6.45. The number of amides is 1. The van der Waals surface area contributed by atoms with Crippen LogP contribution in [0.2, 0.25) is 5.02 Å². The van der Waals surface area contributed by atoms with Crippen molar-refractivity contribution in [2.75, 3.05) is 5.32 Å². The van der Waals surface area contributed by atoms with Gasteiger partial charge in [-0.15, -0.1) is 0 Å². The van der Waals surface area contributed by atoms with Gasteiger partial charge in [-0.1, -0.05) is 39.7 Å². The minimum atomic E-state index is -0.612. The van der Waals surface area contributed by atoms with Crippen LogP contribution >= 0.6 is 27.5 Å². The Bertz CT molecular complexity index is 660. The highest BCUT2D eigenvalue weighted by molar-refractivity contribution is 9.10. The fourth-order valence-electron chi connectivity index (χ4n) is 1.71. The number of aryl methyl sites for hydroxylation is 1. The first kappa shape index (κ1) is 15.9. The number of hydrogen-bond donors (Lipinski definition) is 1. The van der Waals surface area contributed by atoms with Crippen LogP contribution in [0.5, 0.6) is 5.75 Å². The van der Waals surface area contributed by atoms with Crippen molar-refractivity contribution in [3.8, 4) is 5.75 Å². The molecule has 3 nitrogen and oxygen atoms in total. The average Bonchev–Trinajstić information content (AvgIpc) is 2.43. The summed E-state index contributed by atoms with van der Waals surface area (Å²) < 4.78 is 6.51. The van der Waals surface area contributed by atoms with Gasteiger partial charge < -0.3 is 10.1 Å². The Balaban J connectivity index is 2.00. The molecular formula is C16H15BrClNO2. The van der Waals surface area contributed by atoms with Crippen molar-refractivity contribution in [1.29, 1.82) is 0 Å². The third-order valence-electron chi connectivity index (χ3n) is 2.92. The maximum atomic E-state index is 12.1. The lowest BCUT2D eigenvalue weighted by Crippen LogP contribution is -2.30. The van der Waals surface area contributed by atoms with E-state index in [-0.39, 0.29) is 5.91 Å². The van der Waals surface area contributed by atoms with Gasteiger partial charge in [0.25, 0.3) is 5.91 Å². The van der Waals surface area contributed by atoms with E-state index in [9.17, 15) is 4.79 Å². The van der Waals surface area contributed by atoms with Crippen LogP contribution in [0.15, 0.2) is 46.9 Å². The van der Waals surface area contributed by atoms with Crippen LogP contribution in [0.3, 0.4) is 0 Å². The summed E-state index contributed by atoms with van der Waals surface area (Å²) in [6.07, 6.45) is -0.612. The number of hydrogen-bond acceptors (Lipinski definition) is 2. The predicted octanol–water partition coefficient (Wildman–Crippen LogP) is 4.82. The molecule has 2 aromatic rings. The molecule has 0 bridgehead atoms. The van der Waals surface area contributed by atoms with E-state index in [1.54, 1.807) is 19.1 Å². The van der Waals surface area contributed by atoms with E-state index in [4.69, 9.17) is 16.3 Å². The molecule has 0 heterocycles. The lowest BCUT2D eigenvalue weighted by atomic mass is 10.2. The van der Waals surface area contributed by atoms with Crippen molar-refractivity contribution in [3.05, 3.63) is 57.5 Å². The fourth-order valence-corrected chi connectivity index (χ4v) is 2.27. The summed E-state index contributed by atoms with van der Waals surface area (Å²) in [4.78, 5) is 12.1. The SMILES string of the molecule is Cc1ccc(NC(=O)[C@@H](C)Oc2cccc(Br)c2)cc1Cl. The van der Waals surface area contributed by atoms with Gasteiger partial charge in [0.2, 0.25) is 0 Å². The quantitative estimate of drug-likeness (QED) is 0.840. The molecule has 0 saturated carbocycles. The number of nitrogens with one attached hydrogen (secondary N) is 1. The molecule has 2 rings (SSSR count). The minimum absolute atomic E-state index is 0.227. The molecule has 0 aliphatic heterocycles. The third-order valence-corrected chi connectivity index (χ3v) is 3.82. The van der Waals surface area contributed by atoms with Crippen LogP contribution in [-0.4, -0.2) is 12.0 Å². The summed E-state index contributed by atoms with van der Waals surface area (Å²) in [5.41, 5.74) is 1.62. The van der Waals surface area contributed by atoms with Gasteiger partial charge >= 0.3 is 0 Å². The Morgan fingerprint density at radius 3 is 2.71 bits per heavy atom. The van der Waals surface area contributed by atoms with Gasteiger partial charge in [0.1, 0.15) is 5.75 Å². The van der Waals surface area contributed by atoms with Crippen LogP contribution in [0.1, 0.15) is 12.5 Å². The number of carbonyl (C=O) groups excluding carboxylic acids is 1. The molecule has 0 unspecified atom stereocenters. The van der Waals surface area contributed by atoms with E-state index in [0.717, 1.165) is 10.0 Å². The molecule has 0 fully saturated rings. The van der Waals surface area contributed by atoms with Gasteiger partial charge in [-0.05, 0) is 49.7 Å². The van der Waals surface area contributed by atoms with Crippen LogP contribution in [-0.2, 0) is 4.79 Å². The molecule has 0 radical (unpaired) electrons. The second-order valence-corrected chi connectivity index (χ2v) is 5.99. The number of anilines is 1. The van der Waals surface area contributed by atoms with Crippen LogP contribution in [0.25, 0.3) is 0 Å². The summed E-state index contributed by atoms with van der Waals surface area (Å²) in [7, 11) is 0. The first-order chi connectivity index (χ1) is 9.95. The number of ether oxygens (including phenoxy) is 1. The predicted molar refractivity (Wildman–Crippen MR) is 89.1 cm³/mol. The van der Waals surface area contributed by atoms with Crippen molar-refractivity contribution in [2.24, 2.45) is 0 Å². The standard InChI is InChI=1S/C16H15BrClNO2/c1-10-6-7-13(9-15(10)18)19-16(20)11(2)21-14-5-3-4-12(17)8-14/h3-9,11H,1-2H3,(H,19,20)/t11-/m1/s1. The largest absolute Gasteiger partial charge is 0.481 e. The summed E-state index contributed by atoms with van der Waals surface area (Å²) in [6, 6.07) is 12.8. The molecule has 1 amide bonds. The van der Waals surface area contributed by atoms with Crippen molar-refractivity contribution < 1.29 is 9.53 Å². The summed E-state index contributed by atoms with van der Waals surface area (Å²) in [5, 5.41) is 3.40.